The van der Waals surface area contributed by atoms with Crippen molar-refractivity contribution in [1.29, 1.82) is 0 Å². The zero-order valence-corrected chi connectivity index (χ0v) is 14.7. The van der Waals surface area contributed by atoms with Crippen molar-refractivity contribution in [3.8, 4) is 5.75 Å². The zero-order valence-electron chi connectivity index (χ0n) is 14.0. The standard InChI is InChI=1S/C10H11ClO3.C6H15NO3/c1-6-5-8(11)3-4-9(6)14-7(2)10(12)13;8-4-1-7(2-5-9)3-6-10/h3-5,7H,1-2H3,(H,12,13);8-10H,1-6H2. The SMILES string of the molecule is Cc1cc(Cl)ccc1OC(C)C(=O)O.OCCN(CCO)CCO. The van der Waals surface area contributed by atoms with E-state index in [0.29, 0.717) is 30.4 Å². The summed E-state index contributed by atoms with van der Waals surface area (Å²) in [5, 5.41) is 34.7. The maximum absolute atomic E-state index is 10.5. The molecule has 1 atom stereocenters. The average molecular weight is 364 g/mol. The van der Waals surface area contributed by atoms with Crippen LogP contribution >= 0.6 is 11.6 Å². The molecule has 7 nitrogen and oxygen atoms in total. The molecule has 0 aliphatic carbocycles. The second kappa shape index (κ2) is 13.0. The van der Waals surface area contributed by atoms with E-state index in [1.165, 1.54) is 6.92 Å². The second-order valence-electron chi connectivity index (χ2n) is 5.02. The minimum absolute atomic E-state index is 0.0694. The molecule has 1 rings (SSSR count). The summed E-state index contributed by atoms with van der Waals surface area (Å²) >= 11 is 5.74. The first-order valence-corrected chi connectivity index (χ1v) is 7.94. The van der Waals surface area contributed by atoms with Crippen molar-refractivity contribution in [2.45, 2.75) is 20.0 Å². The molecule has 0 aliphatic rings. The minimum Gasteiger partial charge on any atom is -0.479 e. The van der Waals surface area contributed by atoms with Gasteiger partial charge in [-0.2, -0.15) is 0 Å². The number of carboxylic acids is 1. The fourth-order valence-electron chi connectivity index (χ4n) is 1.75. The first-order chi connectivity index (χ1) is 11.3. The van der Waals surface area contributed by atoms with Gasteiger partial charge in [0.15, 0.2) is 6.10 Å². The third-order valence-electron chi connectivity index (χ3n) is 3.04. The molecule has 0 saturated heterocycles. The van der Waals surface area contributed by atoms with Crippen LogP contribution in [0.3, 0.4) is 0 Å². The molecule has 0 fully saturated rings. The largest absolute Gasteiger partial charge is 0.479 e. The molecule has 1 unspecified atom stereocenters. The average Bonchev–Trinajstić information content (AvgIpc) is 2.51. The van der Waals surface area contributed by atoms with Gasteiger partial charge in [-0.1, -0.05) is 11.6 Å². The van der Waals surface area contributed by atoms with Gasteiger partial charge in [0.2, 0.25) is 0 Å². The highest BCUT2D eigenvalue weighted by Crippen LogP contribution is 2.22. The number of benzene rings is 1. The summed E-state index contributed by atoms with van der Waals surface area (Å²) in [5.74, 6) is -0.441. The lowest BCUT2D eigenvalue weighted by molar-refractivity contribution is -0.144. The lowest BCUT2D eigenvalue weighted by atomic mass is 10.2. The predicted molar refractivity (Wildman–Crippen MR) is 91.6 cm³/mol. The number of ether oxygens (including phenoxy) is 1. The summed E-state index contributed by atoms with van der Waals surface area (Å²) in [4.78, 5) is 12.3. The van der Waals surface area contributed by atoms with Crippen molar-refractivity contribution in [3.63, 3.8) is 0 Å². The molecule has 0 radical (unpaired) electrons. The Labute approximate surface area is 147 Å². The molecule has 8 heteroatoms. The van der Waals surface area contributed by atoms with Crippen LogP contribution in [-0.4, -0.2) is 76.9 Å². The molecular weight excluding hydrogens is 338 g/mol. The van der Waals surface area contributed by atoms with Crippen LogP contribution in [0.25, 0.3) is 0 Å². The summed E-state index contributed by atoms with van der Waals surface area (Å²) in [5.41, 5.74) is 0.825. The number of aliphatic carboxylic acids is 1. The van der Waals surface area contributed by atoms with Gasteiger partial charge in [-0.05, 0) is 37.6 Å². The van der Waals surface area contributed by atoms with E-state index in [1.807, 2.05) is 6.92 Å². The molecule has 1 aromatic rings. The number of aryl methyl sites for hydroxylation is 1. The third-order valence-corrected chi connectivity index (χ3v) is 3.27. The van der Waals surface area contributed by atoms with Gasteiger partial charge in [-0.3, -0.25) is 4.90 Å². The number of carbonyl (C=O) groups is 1. The summed E-state index contributed by atoms with van der Waals surface area (Å²) in [6.07, 6.45) is -0.852. The summed E-state index contributed by atoms with van der Waals surface area (Å²) in [7, 11) is 0. The van der Waals surface area contributed by atoms with Crippen molar-refractivity contribution in [3.05, 3.63) is 28.8 Å². The molecule has 0 saturated carbocycles. The Bertz CT molecular complexity index is 471. The van der Waals surface area contributed by atoms with Crippen LogP contribution in [0.1, 0.15) is 12.5 Å². The maximum Gasteiger partial charge on any atom is 0.344 e. The molecular formula is C16H26ClNO6. The Balaban J connectivity index is 0.000000470. The molecule has 24 heavy (non-hydrogen) atoms. The lowest BCUT2D eigenvalue weighted by Gasteiger charge is -2.17. The van der Waals surface area contributed by atoms with E-state index >= 15 is 0 Å². The van der Waals surface area contributed by atoms with Crippen LogP contribution in [0.5, 0.6) is 5.75 Å². The normalized spacial score (nSPS) is 11.6. The van der Waals surface area contributed by atoms with Gasteiger partial charge in [0.05, 0.1) is 19.8 Å². The molecule has 0 bridgehead atoms. The van der Waals surface area contributed by atoms with Crippen molar-refractivity contribution in [2.75, 3.05) is 39.5 Å². The Morgan fingerprint density at radius 2 is 1.67 bits per heavy atom. The Morgan fingerprint density at radius 1 is 1.17 bits per heavy atom. The number of aliphatic hydroxyl groups excluding tert-OH is 3. The number of hydrogen-bond donors (Lipinski definition) is 4. The predicted octanol–water partition coefficient (Wildman–Crippen LogP) is 0.766. The monoisotopic (exact) mass is 363 g/mol. The van der Waals surface area contributed by atoms with Gasteiger partial charge in [-0.15, -0.1) is 0 Å². The van der Waals surface area contributed by atoms with Crippen LogP contribution in [0, 0.1) is 6.92 Å². The van der Waals surface area contributed by atoms with Gasteiger partial charge in [0.25, 0.3) is 0 Å². The van der Waals surface area contributed by atoms with Crippen molar-refractivity contribution >= 4 is 17.6 Å². The van der Waals surface area contributed by atoms with Crippen LogP contribution in [0.2, 0.25) is 5.02 Å². The summed E-state index contributed by atoms with van der Waals surface area (Å²) in [6.45, 7) is 5.05. The lowest BCUT2D eigenvalue weighted by Crippen LogP contribution is -2.32. The van der Waals surface area contributed by atoms with Crippen LogP contribution in [-0.2, 0) is 4.79 Å². The first-order valence-electron chi connectivity index (χ1n) is 7.56. The number of hydrogen-bond acceptors (Lipinski definition) is 6. The van der Waals surface area contributed by atoms with E-state index in [4.69, 9.17) is 36.8 Å². The fourth-order valence-corrected chi connectivity index (χ4v) is 1.97. The third kappa shape index (κ3) is 9.69. The van der Waals surface area contributed by atoms with Gasteiger partial charge in [0.1, 0.15) is 5.75 Å². The maximum atomic E-state index is 10.5. The molecule has 0 amide bonds. The quantitative estimate of drug-likeness (QED) is 0.512. The molecule has 0 aromatic heterocycles. The van der Waals surface area contributed by atoms with E-state index in [2.05, 4.69) is 0 Å². The van der Waals surface area contributed by atoms with Gasteiger partial charge in [-0.25, -0.2) is 4.79 Å². The van der Waals surface area contributed by atoms with Crippen LogP contribution in [0.4, 0.5) is 0 Å². The van der Waals surface area contributed by atoms with Gasteiger partial charge < -0.3 is 25.2 Å². The van der Waals surface area contributed by atoms with Crippen LogP contribution < -0.4 is 4.74 Å². The highest BCUT2D eigenvalue weighted by atomic mass is 35.5. The molecule has 1 aromatic carbocycles. The molecule has 0 spiro atoms. The van der Waals surface area contributed by atoms with Crippen molar-refractivity contribution < 1.29 is 30.0 Å². The Morgan fingerprint density at radius 3 is 2.04 bits per heavy atom. The first kappa shape index (κ1) is 22.6. The topological polar surface area (TPSA) is 110 Å². The van der Waals surface area contributed by atoms with Gasteiger partial charge >= 0.3 is 5.97 Å². The number of halogens is 1. The molecule has 0 heterocycles. The minimum atomic E-state index is -0.987. The van der Waals surface area contributed by atoms with Gasteiger partial charge in [0, 0.05) is 24.7 Å². The van der Waals surface area contributed by atoms with E-state index in [1.54, 1.807) is 23.1 Å². The molecule has 138 valence electrons. The second-order valence-corrected chi connectivity index (χ2v) is 5.46. The van der Waals surface area contributed by atoms with Crippen LogP contribution in [0.15, 0.2) is 18.2 Å². The molecule has 0 aliphatic heterocycles. The van der Waals surface area contributed by atoms with Crippen molar-refractivity contribution in [1.82, 2.24) is 4.90 Å². The number of aliphatic hydroxyl groups is 3. The summed E-state index contributed by atoms with van der Waals surface area (Å²) in [6, 6.07) is 5.06. The van der Waals surface area contributed by atoms with E-state index in [9.17, 15) is 4.79 Å². The zero-order chi connectivity index (χ0) is 18.5. The Kier molecular flexibility index (Phi) is 12.2. The Hall–Kier alpha value is -1.38. The van der Waals surface area contributed by atoms with E-state index in [0.717, 1.165) is 5.56 Å². The molecule has 4 N–H and O–H groups in total. The number of nitrogens with zero attached hydrogens (tertiary/aromatic N) is 1. The highest BCUT2D eigenvalue weighted by Gasteiger charge is 2.13. The smallest absolute Gasteiger partial charge is 0.344 e. The number of rotatable bonds is 9. The number of carboxylic acid groups (broad SMARTS) is 1. The van der Waals surface area contributed by atoms with E-state index in [-0.39, 0.29) is 19.8 Å². The summed E-state index contributed by atoms with van der Waals surface area (Å²) < 4.78 is 5.20. The highest BCUT2D eigenvalue weighted by molar-refractivity contribution is 6.30. The van der Waals surface area contributed by atoms with E-state index < -0.39 is 12.1 Å². The fraction of sp³-hybridized carbons (Fsp3) is 0.562. The van der Waals surface area contributed by atoms with Crippen molar-refractivity contribution in [2.24, 2.45) is 0 Å².